The Bertz CT molecular complexity index is 300. The van der Waals surface area contributed by atoms with Gasteiger partial charge in [-0.1, -0.05) is 13.3 Å². The van der Waals surface area contributed by atoms with E-state index in [-0.39, 0.29) is 18.4 Å². The Labute approximate surface area is 120 Å². The van der Waals surface area contributed by atoms with Gasteiger partial charge in [-0.2, -0.15) is 0 Å². The molecule has 6 heteroatoms. The van der Waals surface area contributed by atoms with E-state index in [2.05, 4.69) is 6.92 Å². The Kier molecular flexibility index (Phi) is 8.22. The first-order valence-electron chi connectivity index (χ1n) is 7.31. The van der Waals surface area contributed by atoms with Gasteiger partial charge in [0.15, 0.2) is 0 Å². The van der Waals surface area contributed by atoms with Gasteiger partial charge in [0.1, 0.15) is 6.61 Å². The molecule has 6 nitrogen and oxygen atoms in total. The van der Waals surface area contributed by atoms with Crippen LogP contribution in [0.25, 0.3) is 0 Å². The predicted octanol–water partition coefficient (Wildman–Crippen LogP) is 1.14. The number of carboxylic acid groups (broad SMARTS) is 1. The number of aliphatic carboxylic acids is 1. The van der Waals surface area contributed by atoms with E-state index in [1.165, 1.54) is 0 Å². The van der Waals surface area contributed by atoms with Gasteiger partial charge in [0.05, 0.1) is 19.1 Å². The molecule has 1 fully saturated rings. The van der Waals surface area contributed by atoms with E-state index >= 15 is 0 Å². The number of carbonyl (C=O) groups excluding carboxylic acids is 1. The molecule has 0 aromatic heterocycles. The number of likely N-dealkylation sites (tertiary alicyclic amines) is 1. The lowest BCUT2D eigenvalue weighted by atomic mass is 9.97. The highest BCUT2D eigenvalue weighted by molar-refractivity contribution is 5.78. The molecule has 0 unspecified atom stereocenters. The second-order valence-corrected chi connectivity index (χ2v) is 5.01. The molecule has 1 saturated heterocycles. The first kappa shape index (κ1) is 16.9. The maximum absolute atomic E-state index is 11.8. The van der Waals surface area contributed by atoms with Crippen molar-refractivity contribution in [1.29, 1.82) is 0 Å². The molecule has 1 rings (SSSR count). The van der Waals surface area contributed by atoms with Crippen molar-refractivity contribution in [2.45, 2.75) is 32.6 Å². The van der Waals surface area contributed by atoms with E-state index in [4.69, 9.17) is 14.6 Å². The number of unbranched alkanes of at least 4 members (excludes halogenated alkanes) is 1. The van der Waals surface area contributed by atoms with Gasteiger partial charge in [-0.15, -0.1) is 0 Å². The average molecular weight is 287 g/mol. The fourth-order valence-electron chi connectivity index (χ4n) is 2.09. The van der Waals surface area contributed by atoms with Gasteiger partial charge in [-0.05, 0) is 19.3 Å². The van der Waals surface area contributed by atoms with Gasteiger partial charge in [-0.25, -0.2) is 0 Å². The van der Waals surface area contributed by atoms with Gasteiger partial charge in [-0.3, -0.25) is 9.59 Å². The van der Waals surface area contributed by atoms with Crippen LogP contribution in [0, 0.1) is 5.92 Å². The smallest absolute Gasteiger partial charge is 0.306 e. The summed E-state index contributed by atoms with van der Waals surface area (Å²) < 4.78 is 10.6. The molecule has 20 heavy (non-hydrogen) atoms. The fraction of sp³-hybridized carbons (Fsp3) is 0.857. The summed E-state index contributed by atoms with van der Waals surface area (Å²) in [5.74, 6) is -1.15. The van der Waals surface area contributed by atoms with Crippen molar-refractivity contribution >= 4 is 11.9 Å². The topological polar surface area (TPSA) is 76.1 Å². The van der Waals surface area contributed by atoms with Crippen LogP contribution in [0.15, 0.2) is 0 Å². The highest BCUT2D eigenvalue weighted by Gasteiger charge is 2.26. The quantitative estimate of drug-likeness (QED) is 0.644. The molecular weight excluding hydrogens is 262 g/mol. The Morgan fingerprint density at radius 3 is 2.40 bits per heavy atom. The molecule has 0 aromatic rings. The average Bonchev–Trinajstić information content (AvgIpc) is 2.46. The van der Waals surface area contributed by atoms with Crippen LogP contribution in [0.2, 0.25) is 0 Å². The molecule has 0 radical (unpaired) electrons. The standard InChI is InChI=1S/C14H25NO5/c1-2-3-8-19-9-10-20-11-13(16)15-6-4-12(5-7-15)14(17)18/h12H,2-11H2,1H3,(H,17,18). The van der Waals surface area contributed by atoms with Crippen molar-refractivity contribution in [2.24, 2.45) is 5.92 Å². The number of amides is 1. The van der Waals surface area contributed by atoms with Crippen molar-refractivity contribution < 1.29 is 24.2 Å². The van der Waals surface area contributed by atoms with Gasteiger partial charge >= 0.3 is 5.97 Å². The number of ether oxygens (including phenoxy) is 2. The van der Waals surface area contributed by atoms with E-state index in [1.807, 2.05) is 0 Å². The summed E-state index contributed by atoms with van der Waals surface area (Å²) in [7, 11) is 0. The fourth-order valence-corrected chi connectivity index (χ4v) is 2.09. The number of nitrogens with zero attached hydrogens (tertiary/aromatic N) is 1. The Hall–Kier alpha value is -1.14. The Morgan fingerprint density at radius 2 is 1.80 bits per heavy atom. The summed E-state index contributed by atoms with van der Waals surface area (Å²) in [6.07, 6.45) is 3.20. The molecule has 1 N–H and O–H groups in total. The first-order valence-corrected chi connectivity index (χ1v) is 7.31. The van der Waals surface area contributed by atoms with Crippen LogP contribution in [0.1, 0.15) is 32.6 Å². The van der Waals surface area contributed by atoms with E-state index in [9.17, 15) is 9.59 Å². The molecule has 0 aromatic carbocycles. The van der Waals surface area contributed by atoms with Crippen molar-refractivity contribution in [3.05, 3.63) is 0 Å². The van der Waals surface area contributed by atoms with E-state index < -0.39 is 5.97 Å². The molecule has 0 spiro atoms. The molecule has 0 saturated carbocycles. The van der Waals surface area contributed by atoms with Crippen molar-refractivity contribution in [1.82, 2.24) is 4.90 Å². The lowest BCUT2D eigenvalue weighted by Crippen LogP contribution is -2.42. The zero-order valence-corrected chi connectivity index (χ0v) is 12.2. The molecular formula is C14H25NO5. The summed E-state index contributed by atoms with van der Waals surface area (Å²) in [5, 5.41) is 8.88. The van der Waals surface area contributed by atoms with Crippen LogP contribution < -0.4 is 0 Å². The molecule has 1 aliphatic heterocycles. The lowest BCUT2D eigenvalue weighted by Gasteiger charge is -2.30. The van der Waals surface area contributed by atoms with Crippen LogP contribution in [0.4, 0.5) is 0 Å². The molecule has 1 aliphatic rings. The highest BCUT2D eigenvalue weighted by Crippen LogP contribution is 2.17. The van der Waals surface area contributed by atoms with Gasteiger partial charge < -0.3 is 19.5 Å². The number of rotatable bonds is 9. The lowest BCUT2D eigenvalue weighted by molar-refractivity contribution is -0.147. The molecule has 1 amide bonds. The number of hydrogen-bond donors (Lipinski definition) is 1. The van der Waals surface area contributed by atoms with Crippen molar-refractivity contribution in [3.8, 4) is 0 Å². The second kappa shape index (κ2) is 9.72. The predicted molar refractivity (Wildman–Crippen MR) is 73.5 cm³/mol. The summed E-state index contributed by atoms with van der Waals surface area (Å²) >= 11 is 0. The molecule has 0 atom stereocenters. The van der Waals surface area contributed by atoms with Crippen LogP contribution in [0.5, 0.6) is 0 Å². The zero-order valence-electron chi connectivity index (χ0n) is 12.2. The highest BCUT2D eigenvalue weighted by atomic mass is 16.5. The number of hydrogen-bond acceptors (Lipinski definition) is 4. The van der Waals surface area contributed by atoms with Gasteiger partial charge in [0.2, 0.25) is 5.91 Å². The van der Waals surface area contributed by atoms with E-state index in [0.29, 0.717) is 39.1 Å². The third kappa shape index (κ3) is 6.34. The van der Waals surface area contributed by atoms with Crippen LogP contribution >= 0.6 is 0 Å². The van der Waals surface area contributed by atoms with Crippen molar-refractivity contribution in [2.75, 3.05) is 39.5 Å². The van der Waals surface area contributed by atoms with Crippen LogP contribution in [-0.4, -0.2) is 61.4 Å². The Balaban J connectivity index is 2.04. The first-order chi connectivity index (χ1) is 9.65. The number of piperidine rings is 1. The number of carbonyl (C=O) groups is 2. The van der Waals surface area contributed by atoms with Gasteiger partial charge in [0.25, 0.3) is 0 Å². The zero-order chi connectivity index (χ0) is 14.8. The maximum atomic E-state index is 11.8. The minimum Gasteiger partial charge on any atom is -0.481 e. The largest absolute Gasteiger partial charge is 0.481 e. The van der Waals surface area contributed by atoms with Crippen LogP contribution in [-0.2, 0) is 19.1 Å². The van der Waals surface area contributed by atoms with E-state index in [0.717, 1.165) is 19.4 Å². The summed E-state index contributed by atoms with van der Waals surface area (Å²) in [4.78, 5) is 24.3. The molecule has 1 heterocycles. The third-order valence-corrected chi connectivity index (χ3v) is 3.44. The van der Waals surface area contributed by atoms with E-state index in [1.54, 1.807) is 4.90 Å². The monoisotopic (exact) mass is 287 g/mol. The minimum absolute atomic E-state index is 0.0505. The summed E-state index contributed by atoms with van der Waals surface area (Å²) in [5.41, 5.74) is 0. The Morgan fingerprint density at radius 1 is 1.15 bits per heavy atom. The number of carboxylic acids is 1. The van der Waals surface area contributed by atoms with Gasteiger partial charge in [0, 0.05) is 19.7 Å². The molecule has 0 bridgehead atoms. The minimum atomic E-state index is -0.766. The van der Waals surface area contributed by atoms with Crippen molar-refractivity contribution in [3.63, 3.8) is 0 Å². The third-order valence-electron chi connectivity index (χ3n) is 3.44. The summed E-state index contributed by atoms with van der Waals surface area (Å²) in [6.45, 7) is 4.82. The normalized spacial score (nSPS) is 16.4. The van der Waals surface area contributed by atoms with Crippen LogP contribution in [0.3, 0.4) is 0 Å². The second-order valence-electron chi connectivity index (χ2n) is 5.01. The molecule has 116 valence electrons. The molecule has 0 aliphatic carbocycles. The SMILES string of the molecule is CCCCOCCOCC(=O)N1CCC(C(=O)O)CC1. The maximum Gasteiger partial charge on any atom is 0.306 e. The summed E-state index contributed by atoms with van der Waals surface area (Å²) in [6, 6.07) is 0.